The lowest BCUT2D eigenvalue weighted by molar-refractivity contribution is 0.497. The summed E-state index contributed by atoms with van der Waals surface area (Å²) in [6, 6.07) is 13.8. The first-order chi connectivity index (χ1) is 7.85. The Morgan fingerprint density at radius 2 is 2.19 bits per heavy atom. The summed E-state index contributed by atoms with van der Waals surface area (Å²) in [5.41, 5.74) is 1.42. The molecule has 84 valence electrons. The fourth-order valence-corrected chi connectivity index (χ4v) is 2.18. The molecule has 0 bridgehead atoms. The van der Waals surface area contributed by atoms with Crippen LogP contribution in [-0.2, 0) is 0 Å². The lowest BCUT2D eigenvalue weighted by Gasteiger charge is -2.13. The minimum absolute atomic E-state index is 0.365. The maximum atomic E-state index is 8.69. The van der Waals surface area contributed by atoms with Gasteiger partial charge in [0.1, 0.15) is 0 Å². The average molecular weight is 214 g/mol. The Balaban J connectivity index is 1.86. The highest BCUT2D eigenvalue weighted by Crippen LogP contribution is 2.41. The predicted molar refractivity (Wildman–Crippen MR) is 65.0 cm³/mol. The summed E-state index contributed by atoms with van der Waals surface area (Å²) in [5.74, 6) is 0.661. The van der Waals surface area contributed by atoms with Crippen molar-refractivity contribution < 1.29 is 0 Å². The van der Waals surface area contributed by atoms with Crippen LogP contribution in [-0.4, -0.2) is 12.1 Å². The van der Waals surface area contributed by atoms with Crippen molar-refractivity contribution in [3.63, 3.8) is 0 Å². The number of nitrogens with one attached hydrogen (secondary N) is 1. The molecule has 3 atom stereocenters. The fraction of sp³-hybridized carbons (Fsp3) is 0.500. The first kappa shape index (κ1) is 11.2. The highest BCUT2D eigenvalue weighted by Gasteiger charge is 2.38. The van der Waals surface area contributed by atoms with Gasteiger partial charge in [-0.3, -0.25) is 0 Å². The van der Waals surface area contributed by atoms with Crippen molar-refractivity contribution >= 4 is 0 Å². The lowest BCUT2D eigenvalue weighted by Crippen LogP contribution is -2.30. The molecular weight excluding hydrogens is 196 g/mol. The van der Waals surface area contributed by atoms with Crippen molar-refractivity contribution in [1.29, 1.82) is 5.26 Å². The fourth-order valence-electron chi connectivity index (χ4n) is 2.18. The highest BCUT2D eigenvalue weighted by atomic mass is 15.0. The van der Waals surface area contributed by atoms with Crippen molar-refractivity contribution in [1.82, 2.24) is 5.32 Å². The van der Waals surface area contributed by atoms with Crippen LogP contribution in [0.2, 0.25) is 0 Å². The number of rotatable bonds is 5. The van der Waals surface area contributed by atoms with Crippen LogP contribution >= 0.6 is 0 Å². The van der Waals surface area contributed by atoms with E-state index in [9.17, 15) is 0 Å². The molecule has 1 saturated carbocycles. The molecule has 0 saturated heterocycles. The van der Waals surface area contributed by atoms with E-state index < -0.39 is 0 Å². The molecule has 0 radical (unpaired) electrons. The molecule has 2 nitrogen and oxygen atoms in total. The van der Waals surface area contributed by atoms with Crippen molar-refractivity contribution in [2.45, 2.75) is 44.2 Å². The van der Waals surface area contributed by atoms with E-state index >= 15 is 0 Å². The Morgan fingerprint density at radius 1 is 1.44 bits per heavy atom. The van der Waals surface area contributed by atoms with Crippen molar-refractivity contribution in [2.24, 2.45) is 0 Å². The summed E-state index contributed by atoms with van der Waals surface area (Å²) in [5, 5.41) is 12.3. The van der Waals surface area contributed by atoms with E-state index in [4.69, 9.17) is 5.26 Å². The van der Waals surface area contributed by atoms with Crippen molar-refractivity contribution in [3.05, 3.63) is 35.9 Å². The Labute approximate surface area is 97.3 Å². The molecule has 3 unspecified atom stereocenters. The van der Waals surface area contributed by atoms with E-state index in [1.54, 1.807) is 0 Å². The van der Waals surface area contributed by atoms with Gasteiger partial charge in [-0.2, -0.15) is 5.26 Å². The average Bonchev–Trinajstić information content (AvgIpc) is 3.09. The molecule has 0 aliphatic heterocycles. The number of nitriles is 1. The van der Waals surface area contributed by atoms with Crippen LogP contribution in [0.4, 0.5) is 0 Å². The standard InChI is InChI=1S/C14H18N2/c1-2-12(8-9-15)16-14-10-13(14)11-6-4-3-5-7-11/h3-7,12-14,16H,2,8,10H2,1H3. The van der Waals surface area contributed by atoms with E-state index in [1.807, 2.05) is 0 Å². The minimum atomic E-state index is 0.365. The Kier molecular flexibility index (Phi) is 3.58. The Bertz CT molecular complexity index is 366. The maximum Gasteiger partial charge on any atom is 0.0638 e. The molecule has 1 N–H and O–H groups in total. The molecule has 0 heterocycles. The third-order valence-corrected chi connectivity index (χ3v) is 3.30. The Hall–Kier alpha value is -1.33. The molecule has 0 spiro atoms. The summed E-state index contributed by atoms with van der Waals surface area (Å²) in [6.07, 6.45) is 2.87. The van der Waals surface area contributed by atoms with Gasteiger partial charge < -0.3 is 5.32 Å². The van der Waals surface area contributed by atoms with E-state index in [1.165, 1.54) is 12.0 Å². The van der Waals surface area contributed by atoms with Gasteiger partial charge in [0.25, 0.3) is 0 Å². The zero-order valence-corrected chi connectivity index (χ0v) is 9.69. The molecule has 16 heavy (non-hydrogen) atoms. The lowest BCUT2D eigenvalue weighted by atomic mass is 10.1. The largest absolute Gasteiger partial charge is 0.310 e. The predicted octanol–water partition coefficient (Wildman–Crippen LogP) is 2.82. The molecule has 1 aromatic carbocycles. The number of nitrogens with zero attached hydrogens (tertiary/aromatic N) is 1. The van der Waals surface area contributed by atoms with Gasteiger partial charge in [-0.25, -0.2) is 0 Å². The molecule has 1 aromatic rings. The summed E-state index contributed by atoms with van der Waals surface area (Å²) in [7, 11) is 0. The number of benzene rings is 1. The molecule has 1 aliphatic rings. The molecule has 2 heteroatoms. The number of hydrogen-bond donors (Lipinski definition) is 1. The first-order valence-electron chi connectivity index (χ1n) is 6.03. The topological polar surface area (TPSA) is 35.8 Å². The maximum absolute atomic E-state index is 8.69. The summed E-state index contributed by atoms with van der Waals surface area (Å²) in [4.78, 5) is 0. The van der Waals surface area contributed by atoms with Gasteiger partial charge in [0, 0.05) is 18.0 Å². The van der Waals surface area contributed by atoms with Crippen molar-refractivity contribution in [2.75, 3.05) is 0 Å². The van der Waals surface area contributed by atoms with Crippen LogP contribution in [0.3, 0.4) is 0 Å². The normalized spacial score (nSPS) is 24.8. The first-order valence-corrected chi connectivity index (χ1v) is 6.03. The third-order valence-electron chi connectivity index (χ3n) is 3.30. The quantitative estimate of drug-likeness (QED) is 0.818. The third kappa shape index (κ3) is 2.62. The van der Waals surface area contributed by atoms with Crippen LogP contribution in [0, 0.1) is 11.3 Å². The number of hydrogen-bond acceptors (Lipinski definition) is 2. The van der Waals surface area contributed by atoms with Crippen LogP contribution in [0.1, 0.15) is 37.7 Å². The van der Waals surface area contributed by atoms with Gasteiger partial charge >= 0.3 is 0 Å². The van der Waals surface area contributed by atoms with Crippen molar-refractivity contribution in [3.8, 4) is 6.07 Å². The molecular formula is C14H18N2. The SMILES string of the molecule is CCC(CC#N)NC1CC1c1ccccc1. The summed E-state index contributed by atoms with van der Waals surface area (Å²) < 4.78 is 0. The molecule has 0 aromatic heterocycles. The van der Waals surface area contributed by atoms with E-state index in [0.29, 0.717) is 24.4 Å². The molecule has 0 amide bonds. The molecule has 1 fully saturated rings. The second-order valence-corrected chi connectivity index (χ2v) is 4.49. The monoisotopic (exact) mass is 214 g/mol. The van der Waals surface area contributed by atoms with E-state index in [2.05, 4.69) is 48.6 Å². The van der Waals surface area contributed by atoms with Crippen LogP contribution in [0.25, 0.3) is 0 Å². The summed E-state index contributed by atoms with van der Waals surface area (Å²) >= 11 is 0. The minimum Gasteiger partial charge on any atom is -0.310 e. The van der Waals surface area contributed by atoms with E-state index in [0.717, 1.165) is 6.42 Å². The van der Waals surface area contributed by atoms with Gasteiger partial charge in [-0.1, -0.05) is 37.3 Å². The van der Waals surface area contributed by atoms with Gasteiger partial charge in [0.2, 0.25) is 0 Å². The van der Waals surface area contributed by atoms with Crippen LogP contribution in [0.5, 0.6) is 0 Å². The Morgan fingerprint density at radius 3 is 2.81 bits per heavy atom. The van der Waals surface area contributed by atoms with Gasteiger partial charge in [-0.15, -0.1) is 0 Å². The zero-order valence-electron chi connectivity index (χ0n) is 9.69. The van der Waals surface area contributed by atoms with Crippen LogP contribution < -0.4 is 5.32 Å². The second kappa shape index (κ2) is 5.14. The van der Waals surface area contributed by atoms with Gasteiger partial charge in [0.05, 0.1) is 12.5 Å². The highest BCUT2D eigenvalue weighted by molar-refractivity contribution is 5.27. The van der Waals surface area contributed by atoms with Gasteiger partial charge in [0.15, 0.2) is 0 Å². The zero-order chi connectivity index (χ0) is 11.4. The molecule has 2 rings (SSSR count). The molecule has 1 aliphatic carbocycles. The second-order valence-electron chi connectivity index (χ2n) is 4.49. The van der Waals surface area contributed by atoms with E-state index in [-0.39, 0.29) is 0 Å². The van der Waals surface area contributed by atoms with Crippen LogP contribution in [0.15, 0.2) is 30.3 Å². The summed E-state index contributed by atoms with van der Waals surface area (Å²) in [6.45, 7) is 2.13. The smallest absolute Gasteiger partial charge is 0.0638 e. The van der Waals surface area contributed by atoms with Gasteiger partial charge in [-0.05, 0) is 18.4 Å².